The van der Waals surface area contributed by atoms with E-state index in [2.05, 4.69) is 10.6 Å². The molecule has 3 aromatic rings. The van der Waals surface area contributed by atoms with Gasteiger partial charge >= 0.3 is 0 Å². The quantitative estimate of drug-likeness (QED) is 0.574. The Morgan fingerprint density at radius 3 is 2.47 bits per heavy atom. The summed E-state index contributed by atoms with van der Waals surface area (Å²) >= 11 is 1.45. The number of para-hydroxylation sites is 2. The first kappa shape index (κ1) is 21.5. The number of rotatable bonds is 8. The number of methoxy groups -OCH3 is 1. The van der Waals surface area contributed by atoms with Gasteiger partial charge in [0.1, 0.15) is 5.75 Å². The van der Waals surface area contributed by atoms with E-state index in [1.807, 2.05) is 48.6 Å². The average molecular weight is 424 g/mol. The van der Waals surface area contributed by atoms with Crippen molar-refractivity contribution >= 4 is 28.8 Å². The Morgan fingerprint density at radius 2 is 1.77 bits per heavy atom. The largest absolute Gasteiger partial charge is 0.496 e. The number of hydrogen-bond donors (Lipinski definition) is 2. The fourth-order valence-electron chi connectivity index (χ4n) is 3.18. The highest BCUT2D eigenvalue weighted by Gasteiger charge is 2.20. The Kier molecular flexibility index (Phi) is 7.21. The molecule has 7 heteroatoms. The van der Waals surface area contributed by atoms with E-state index in [4.69, 9.17) is 4.74 Å². The molecule has 0 fully saturated rings. The molecule has 2 aromatic carbocycles. The number of likely N-dealkylation sites (N-methyl/N-ethyl adjacent to an activating group) is 1. The maximum Gasteiger partial charge on any atom is 0.256 e. The van der Waals surface area contributed by atoms with E-state index in [0.29, 0.717) is 23.4 Å². The number of nitrogens with zero attached hydrogens (tertiary/aromatic N) is 1. The van der Waals surface area contributed by atoms with Gasteiger partial charge in [-0.15, -0.1) is 0 Å². The van der Waals surface area contributed by atoms with Gasteiger partial charge in [0.05, 0.1) is 30.0 Å². The second-order valence-electron chi connectivity index (χ2n) is 6.94. The van der Waals surface area contributed by atoms with Crippen molar-refractivity contribution in [2.75, 3.05) is 33.1 Å². The Balaban J connectivity index is 1.75. The van der Waals surface area contributed by atoms with Gasteiger partial charge in [-0.1, -0.05) is 30.3 Å². The molecule has 0 spiro atoms. The van der Waals surface area contributed by atoms with Crippen LogP contribution in [-0.2, 0) is 0 Å². The zero-order valence-electron chi connectivity index (χ0n) is 17.2. The van der Waals surface area contributed by atoms with Crippen LogP contribution >= 0.6 is 11.3 Å². The van der Waals surface area contributed by atoms with Gasteiger partial charge in [-0.25, -0.2) is 0 Å². The predicted octanol–water partition coefficient (Wildman–Crippen LogP) is 4.04. The minimum atomic E-state index is -0.252. The van der Waals surface area contributed by atoms with E-state index in [1.165, 1.54) is 11.3 Å². The van der Waals surface area contributed by atoms with Gasteiger partial charge in [-0.05, 0) is 43.7 Å². The lowest BCUT2D eigenvalue weighted by Gasteiger charge is -2.26. The van der Waals surface area contributed by atoms with Crippen LogP contribution in [0.1, 0.15) is 32.3 Å². The van der Waals surface area contributed by atoms with Crippen LogP contribution in [-0.4, -0.2) is 44.5 Å². The molecular weight excluding hydrogens is 398 g/mol. The Hall–Kier alpha value is -3.16. The van der Waals surface area contributed by atoms with Gasteiger partial charge in [-0.3, -0.25) is 9.59 Å². The SMILES string of the molecule is COc1ccccc1C(CNC(=O)c1ccccc1NC(=O)c1ccsc1)N(C)C. The van der Waals surface area contributed by atoms with Crippen molar-refractivity contribution in [3.63, 3.8) is 0 Å². The third-order valence-electron chi connectivity index (χ3n) is 4.78. The van der Waals surface area contributed by atoms with Crippen LogP contribution in [0.4, 0.5) is 5.69 Å². The first-order valence-corrected chi connectivity index (χ1v) is 10.5. The zero-order valence-corrected chi connectivity index (χ0v) is 18.0. The Bertz CT molecular complexity index is 1000. The molecule has 1 atom stereocenters. The predicted molar refractivity (Wildman–Crippen MR) is 120 cm³/mol. The number of amides is 2. The molecule has 0 radical (unpaired) electrons. The zero-order chi connectivity index (χ0) is 21.5. The summed E-state index contributed by atoms with van der Waals surface area (Å²) in [5.41, 5.74) is 2.45. The molecule has 0 aliphatic heterocycles. The Labute approximate surface area is 180 Å². The van der Waals surface area contributed by atoms with Gasteiger partial charge < -0.3 is 20.3 Å². The molecule has 0 saturated heterocycles. The number of carbonyl (C=O) groups excluding carboxylic acids is 2. The van der Waals surface area contributed by atoms with Crippen LogP contribution in [0, 0.1) is 0 Å². The number of ether oxygens (including phenoxy) is 1. The van der Waals surface area contributed by atoms with Crippen molar-refractivity contribution < 1.29 is 14.3 Å². The number of carbonyl (C=O) groups is 2. The second-order valence-corrected chi connectivity index (χ2v) is 7.72. The minimum absolute atomic E-state index is 0.0716. The highest BCUT2D eigenvalue weighted by molar-refractivity contribution is 7.08. The number of thiophene rings is 1. The van der Waals surface area contributed by atoms with Crippen LogP contribution in [0.5, 0.6) is 5.75 Å². The van der Waals surface area contributed by atoms with Crippen LogP contribution in [0.15, 0.2) is 65.4 Å². The van der Waals surface area contributed by atoms with E-state index < -0.39 is 0 Å². The summed E-state index contributed by atoms with van der Waals surface area (Å²) in [5.74, 6) is 0.281. The van der Waals surface area contributed by atoms with Gasteiger partial charge in [0.25, 0.3) is 11.8 Å². The normalized spacial score (nSPS) is 11.7. The highest BCUT2D eigenvalue weighted by Crippen LogP contribution is 2.27. The van der Waals surface area contributed by atoms with Crippen molar-refractivity contribution in [3.05, 3.63) is 82.0 Å². The summed E-state index contributed by atoms with van der Waals surface area (Å²) in [6.45, 7) is 0.388. The molecule has 1 heterocycles. The van der Waals surface area contributed by atoms with Crippen molar-refractivity contribution in [1.29, 1.82) is 0 Å². The third-order valence-corrected chi connectivity index (χ3v) is 5.46. The highest BCUT2D eigenvalue weighted by atomic mass is 32.1. The Morgan fingerprint density at radius 1 is 1.03 bits per heavy atom. The molecular formula is C23H25N3O3S. The van der Waals surface area contributed by atoms with Gasteiger partial charge in [0, 0.05) is 17.5 Å². The smallest absolute Gasteiger partial charge is 0.256 e. The molecule has 0 saturated carbocycles. The molecule has 1 aromatic heterocycles. The topological polar surface area (TPSA) is 70.7 Å². The molecule has 0 aliphatic carbocycles. The van der Waals surface area contributed by atoms with Crippen molar-refractivity contribution in [1.82, 2.24) is 10.2 Å². The molecule has 156 valence electrons. The molecule has 0 aliphatic rings. The molecule has 2 amide bonds. The lowest BCUT2D eigenvalue weighted by molar-refractivity contribution is 0.0942. The summed E-state index contributed by atoms with van der Waals surface area (Å²) in [4.78, 5) is 27.4. The van der Waals surface area contributed by atoms with Crippen LogP contribution in [0.25, 0.3) is 0 Å². The fraction of sp³-hybridized carbons (Fsp3) is 0.217. The minimum Gasteiger partial charge on any atom is -0.496 e. The monoisotopic (exact) mass is 423 g/mol. The maximum absolute atomic E-state index is 12.9. The van der Waals surface area contributed by atoms with Gasteiger partial charge in [0.15, 0.2) is 0 Å². The van der Waals surface area contributed by atoms with Crippen molar-refractivity contribution in [3.8, 4) is 5.75 Å². The molecule has 1 unspecified atom stereocenters. The van der Waals surface area contributed by atoms with Crippen LogP contribution in [0.3, 0.4) is 0 Å². The van der Waals surface area contributed by atoms with E-state index in [1.54, 1.807) is 42.8 Å². The van der Waals surface area contributed by atoms with Gasteiger partial charge in [0.2, 0.25) is 0 Å². The number of hydrogen-bond acceptors (Lipinski definition) is 5. The summed E-state index contributed by atoms with van der Waals surface area (Å²) in [5, 5.41) is 9.43. The fourth-order valence-corrected chi connectivity index (χ4v) is 3.81. The maximum atomic E-state index is 12.9. The lowest BCUT2D eigenvalue weighted by Crippen LogP contribution is -2.35. The summed E-state index contributed by atoms with van der Waals surface area (Å²) in [7, 11) is 5.55. The number of anilines is 1. The first-order valence-electron chi connectivity index (χ1n) is 9.51. The van der Waals surface area contributed by atoms with E-state index in [-0.39, 0.29) is 17.9 Å². The summed E-state index contributed by atoms with van der Waals surface area (Å²) < 4.78 is 5.48. The molecule has 2 N–H and O–H groups in total. The lowest BCUT2D eigenvalue weighted by atomic mass is 10.0. The first-order chi connectivity index (χ1) is 14.5. The van der Waals surface area contributed by atoms with E-state index in [0.717, 1.165) is 11.3 Å². The average Bonchev–Trinajstić information content (AvgIpc) is 3.29. The van der Waals surface area contributed by atoms with E-state index in [9.17, 15) is 9.59 Å². The number of nitrogens with one attached hydrogen (secondary N) is 2. The van der Waals surface area contributed by atoms with Crippen molar-refractivity contribution in [2.45, 2.75) is 6.04 Å². The molecule has 30 heavy (non-hydrogen) atoms. The van der Waals surface area contributed by atoms with Gasteiger partial charge in [-0.2, -0.15) is 11.3 Å². The second kappa shape index (κ2) is 10.0. The standard InChI is InChI=1S/C23H25N3O3S/c1-26(2)20(18-9-5-7-11-21(18)29-3)14-24-23(28)17-8-4-6-10-19(17)25-22(27)16-12-13-30-15-16/h4-13,15,20H,14H2,1-3H3,(H,24,28)(H,25,27). The molecule has 3 rings (SSSR count). The number of benzene rings is 2. The van der Waals surface area contributed by atoms with Crippen molar-refractivity contribution in [2.24, 2.45) is 0 Å². The third kappa shape index (κ3) is 5.06. The van der Waals surface area contributed by atoms with E-state index >= 15 is 0 Å². The molecule has 6 nitrogen and oxygen atoms in total. The van der Waals surface area contributed by atoms with Crippen LogP contribution in [0.2, 0.25) is 0 Å². The molecule has 0 bridgehead atoms. The summed E-state index contributed by atoms with van der Waals surface area (Å²) in [6, 6.07) is 16.4. The summed E-state index contributed by atoms with van der Waals surface area (Å²) in [6.07, 6.45) is 0. The van der Waals surface area contributed by atoms with Crippen LogP contribution < -0.4 is 15.4 Å².